The fraction of sp³-hybridized carbons (Fsp3) is 0.867. The van der Waals surface area contributed by atoms with Crippen molar-refractivity contribution in [3.63, 3.8) is 0 Å². The molecule has 1 spiro atoms. The van der Waals surface area contributed by atoms with Crippen molar-refractivity contribution < 1.29 is 0 Å². The van der Waals surface area contributed by atoms with Gasteiger partial charge in [0, 0.05) is 0 Å². The number of hydrogen-bond donors (Lipinski definition) is 0. The van der Waals surface area contributed by atoms with Crippen LogP contribution in [0.2, 0.25) is 0 Å². The summed E-state index contributed by atoms with van der Waals surface area (Å²) in [5.41, 5.74) is 3.50. The molecule has 0 N–H and O–H groups in total. The normalized spacial score (nSPS) is 45.1. The molecule has 2 saturated carbocycles. The van der Waals surface area contributed by atoms with E-state index in [0.29, 0.717) is 16.2 Å². The molecule has 0 nitrogen and oxygen atoms in total. The minimum absolute atomic E-state index is 0.510. The van der Waals surface area contributed by atoms with E-state index in [0.717, 1.165) is 5.92 Å². The van der Waals surface area contributed by atoms with Crippen LogP contribution in [0.25, 0.3) is 0 Å². The molecule has 3 aliphatic carbocycles. The molecule has 84 valence electrons. The Labute approximate surface area is 94.1 Å². The number of fused-ring (bicyclic) bond motifs is 1. The van der Waals surface area contributed by atoms with E-state index in [-0.39, 0.29) is 0 Å². The van der Waals surface area contributed by atoms with Crippen molar-refractivity contribution in [3.8, 4) is 0 Å². The maximum atomic E-state index is 2.60. The van der Waals surface area contributed by atoms with Crippen molar-refractivity contribution in [2.45, 2.75) is 59.8 Å². The third-order valence-corrected chi connectivity index (χ3v) is 6.16. The van der Waals surface area contributed by atoms with Crippen LogP contribution in [0.15, 0.2) is 11.6 Å². The van der Waals surface area contributed by atoms with Crippen LogP contribution < -0.4 is 0 Å². The second kappa shape index (κ2) is 2.52. The van der Waals surface area contributed by atoms with Crippen molar-refractivity contribution in [2.75, 3.05) is 0 Å². The first kappa shape index (κ1) is 9.93. The highest BCUT2D eigenvalue weighted by atomic mass is 14.7. The molecular weight excluding hydrogens is 180 g/mol. The Bertz CT molecular complexity index is 332. The van der Waals surface area contributed by atoms with Crippen molar-refractivity contribution in [2.24, 2.45) is 22.2 Å². The van der Waals surface area contributed by atoms with Crippen molar-refractivity contribution in [1.82, 2.24) is 0 Å². The predicted molar refractivity (Wildman–Crippen MR) is 64.7 cm³/mol. The molecule has 0 aromatic heterocycles. The maximum Gasteiger partial charge on any atom is -0.00284 e. The molecule has 0 heterocycles. The Kier molecular flexibility index (Phi) is 1.67. The van der Waals surface area contributed by atoms with E-state index in [4.69, 9.17) is 0 Å². The van der Waals surface area contributed by atoms with E-state index < -0.39 is 0 Å². The van der Waals surface area contributed by atoms with E-state index in [9.17, 15) is 0 Å². The largest absolute Gasteiger partial charge is 0.0842 e. The average molecular weight is 204 g/mol. The minimum atomic E-state index is 0.510. The summed E-state index contributed by atoms with van der Waals surface area (Å²) in [6.07, 6.45) is 9.76. The highest BCUT2D eigenvalue weighted by Crippen LogP contribution is 2.73. The van der Waals surface area contributed by atoms with Crippen molar-refractivity contribution in [3.05, 3.63) is 11.6 Å². The summed E-state index contributed by atoms with van der Waals surface area (Å²) in [6, 6.07) is 0. The van der Waals surface area contributed by atoms with Crippen LogP contribution in [0.4, 0.5) is 0 Å². The van der Waals surface area contributed by atoms with Gasteiger partial charge in [0.15, 0.2) is 0 Å². The summed E-state index contributed by atoms with van der Waals surface area (Å²) in [7, 11) is 0. The molecule has 2 atom stereocenters. The summed E-state index contributed by atoms with van der Waals surface area (Å²) in [6.45, 7) is 10.0. The van der Waals surface area contributed by atoms with Gasteiger partial charge in [0.1, 0.15) is 0 Å². The van der Waals surface area contributed by atoms with Crippen LogP contribution in [0.1, 0.15) is 59.8 Å². The lowest BCUT2D eigenvalue weighted by atomic mass is 9.54. The molecule has 0 saturated heterocycles. The van der Waals surface area contributed by atoms with E-state index in [1.807, 2.05) is 5.57 Å². The molecule has 0 amide bonds. The van der Waals surface area contributed by atoms with Crippen molar-refractivity contribution in [1.29, 1.82) is 0 Å². The van der Waals surface area contributed by atoms with Gasteiger partial charge < -0.3 is 0 Å². The summed E-state index contributed by atoms with van der Waals surface area (Å²) in [5, 5.41) is 0. The van der Waals surface area contributed by atoms with E-state index in [1.165, 1.54) is 32.1 Å². The molecule has 3 rings (SSSR count). The van der Waals surface area contributed by atoms with Gasteiger partial charge in [-0.25, -0.2) is 0 Å². The Morgan fingerprint density at radius 2 is 1.87 bits per heavy atom. The molecule has 15 heavy (non-hydrogen) atoms. The number of allylic oxidation sites excluding steroid dienone is 2. The quantitative estimate of drug-likeness (QED) is 0.507. The standard InChI is InChI=1S/C15H24/c1-13(2)8-5-6-12-14(3,4)11-7-9-15(12,13)10-11/h6,11H,5,7-10H2,1-4H3. The van der Waals surface area contributed by atoms with Crippen molar-refractivity contribution >= 4 is 0 Å². The second-order valence-corrected chi connectivity index (χ2v) is 7.28. The van der Waals surface area contributed by atoms with Gasteiger partial charge in [0.2, 0.25) is 0 Å². The molecule has 0 aromatic rings. The van der Waals surface area contributed by atoms with Gasteiger partial charge in [-0.3, -0.25) is 0 Å². The molecular formula is C15H24. The summed E-state index contributed by atoms with van der Waals surface area (Å²) in [4.78, 5) is 0. The van der Waals surface area contributed by atoms with Crippen LogP contribution >= 0.6 is 0 Å². The van der Waals surface area contributed by atoms with Gasteiger partial charge in [-0.1, -0.05) is 39.3 Å². The molecule has 2 fully saturated rings. The predicted octanol–water partition coefficient (Wildman–Crippen LogP) is 4.56. The first-order valence-corrected chi connectivity index (χ1v) is 6.61. The highest BCUT2D eigenvalue weighted by molar-refractivity contribution is 5.36. The smallest absolute Gasteiger partial charge is 0.00284 e. The van der Waals surface area contributed by atoms with Gasteiger partial charge in [-0.2, -0.15) is 0 Å². The maximum absolute atomic E-state index is 2.60. The first-order valence-electron chi connectivity index (χ1n) is 6.61. The van der Waals surface area contributed by atoms with Gasteiger partial charge in [-0.15, -0.1) is 0 Å². The fourth-order valence-electron chi connectivity index (χ4n) is 5.00. The van der Waals surface area contributed by atoms with Crippen LogP contribution in [-0.2, 0) is 0 Å². The van der Waals surface area contributed by atoms with Crippen LogP contribution in [0, 0.1) is 22.2 Å². The van der Waals surface area contributed by atoms with E-state index >= 15 is 0 Å². The number of hydrogen-bond acceptors (Lipinski definition) is 0. The SMILES string of the molecule is CC1(C)C2=CCCC(C)(C)C23CCC1C3. The summed E-state index contributed by atoms with van der Waals surface area (Å²) >= 11 is 0. The minimum Gasteiger partial charge on any atom is -0.0842 e. The van der Waals surface area contributed by atoms with E-state index in [2.05, 4.69) is 33.8 Å². The monoisotopic (exact) mass is 204 g/mol. The van der Waals surface area contributed by atoms with E-state index in [1.54, 1.807) is 0 Å². The zero-order valence-corrected chi connectivity index (χ0v) is 10.7. The molecule has 0 aliphatic heterocycles. The second-order valence-electron chi connectivity index (χ2n) is 7.28. The van der Waals surface area contributed by atoms with Gasteiger partial charge in [0.05, 0.1) is 0 Å². The zero-order valence-electron chi connectivity index (χ0n) is 10.7. The third-order valence-electron chi connectivity index (χ3n) is 6.16. The first-order chi connectivity index (χ1) is 6.90. The average Bonchev–Trinajstić information content (AvgIpc) is 2.63. The molecule has 0 aromatic carbocycles. The summed E-state index contributed by atoms with van der Waals surface area (Å²) < 4.78 is 0. The number of rotatable bonds is 0. The Hall–Kier alpha value is -0.260. The third kappa shape index (κ3) is 0.946. The Morgan fingerprint density at radius 1 is 1.13 bits per heavy atom. The van der Waals surface area contributed by atoms with Crippen LogP contribution in [-0.4, -0.2) is 0 Å². The highest BCUT2D eigenvalue weighted by Gasteiger charge is 2.63. The summed E-state index contributed by atoms with van der Waals surface area (Å²) in [5.74, 6) is 0.973. The van der Waals surface area contributed by atoms with Crippen LogP contribution in [0.3, 0.4) is 0 Å². The topological polar surface area (TPSA) is 0 Å². The van der Waals surface area contributed by atoms with Gasteiger partial charge >= 0.3 is 0 Å². The molecule has 0 heteroatoms. The molecule has 2 unspecified atom stereocenters. The zero-order chi connectivity index (χ0) is 10.9. The lowest BCUT2D eigenvalue weighted by Crippen LogP contribution is -2.41. The Balaban J connectivity index is 2.17. The van der Waals surface area contributed by atoms with Gasteiger partial charge in [-0.05, 0) is 54.3 Å². The lowest BCUT2D eigenvalue weighted by molar-refractivity contribution is 0.0901. The fourth-order valence-corrected chi connectivity index (χ4v) is 5.00. The Morgan fingerprint density at radius 3 is 2.53 bits per heavy atom. The molecule has 3 aliphatic rings. The molecule has 2 bridgehead atoms. The lowest BCUT2D eigenvalue weighted by Gasteiger charge is -2.51. The van der Waals surface area contributed by atoms with Gasteiger partial charge in [0.25, 0.3) is 0 Å². The molecule has 0 radical (unpaired) electrons. The van der Waals surface area contributed by atoms with Crippen LogP contribution in [0.5, 0.6) is 0 Å².